The lowest BCUT2D eigenvalue weighted by molar-refractivity contribution is 1.05. The Kier molecular flexibility index (Phi) is 3.86. The molecule has 0 aliphatic carbocycles. The highest BCUT2D eigenvalue weighted by molar-refractivity contribution is 7.98. The highest BCUT2D eigenvalue weighted by Crippen LogP contribution is 2.28. The molecule has 2 aromatic heterocycles. The van der Waals surface area contributed by atoms with Crippen LogP contribution < -0.4 is 5.73 Å². The first-order valence-corrected chi connectivity index (χ1v) is 7.91. The van der Waals surface area contributed by atoms with E-state index in [2.05, 4.69) is 9.83 Å². The topological polar surface area (TPSA) is 47.7 Å². The van der Waals surface area contributed by atoms with Crippen molar-refractivity contribution >= 4 is 28.8 Å². The first-order chi connectivity index (χ1) is 10.7. The van der Waals surface area contributed by atoms with Crippen molar-refractivity contribution < 1.29 is 0 Å². The maximum atomic E-state index is 7.18. The second kappa shape index (κ2) is 5.96. The SMILES string of the molecule is [C-]#[N+]C=C(c1ccccc1)c1ccc2nc(N)c(SC)n2c1. The van der Waals surface area contributed by atoms with Crippen molar-refractivity contribution in [2.75, 3.05) is 12.0 Å². The van der Waals surface area contributed by atoms with Gasteiger partial charge in [-0.05, 0) is 29.0 Å². The number of imidazole rings is 1. The molecule has 22 heavy (non-hydrogen) atoms. The minimum absolute atomic E-state index is 0.528. The Balaban J connectivity index is 2.19. The van der Waals surface area contributed by atoms with E-state index in [0.29, 0.717) is 5.82 Å². The molecule has 0 unspecified atom stereocenters. The van der Waals surface area contributed by atoms with Crippen LogP contribution in [0.3, 0.4) is 0 Å². The molecule has 3 rings (SSSR count). The molecule has 3 aromatic rings. The number of thioether (sulfide) groups is 1. The molecule has 0 fully saturated rings. The maximum Gasteiger partial charge on any atom is 0.162 e. The first kappa shape index (κ1) is 14.2. The molecule has 0 bridgehead atoms. The van der Waals surface area contributed by atoms with Crippen molar-refractivity contribution in [3.63, 3.8) is 0 Å². The zero-order chi connectivity index (χ0) is 15.5. The van der Waals surface area contributed by atoms with Gasteiger partial charge in [-0.15, -0.1) is 11.8 Å². The summed E-state index contributed by atoms with van der Waals surface area (Å²) in [5.74, 6) is 0.528. The fourth-order valence-electron chi connectivity index (χ4n) is 2.40. The standard InChI is InChI=1S/C17H14N4S/c1-19-10-14(12-6-4-3-5-7-12)13-8-9-15-20-16(18)17(22-2)21(15)11-13/h3-11H,18H2,2H3. The first-order valence-electron chi connectivity index (χ1n) is 6.68. The summed E-state index contributed by atoms with van der Waals surface area (Å²) >= 11 is 1.56. The Morgan fingerprint density at radius 1 is 1.23 bits per heavy atom. The molecule has 2 heterocycles. The van der Waals surface area contributed by atoms with Crippen LogP contribution in [-0.2, 0) is 0 Å². The predicted octanol–water partition coefficient (Wildman–Crippen LogP) is 3.95. The van der Waals surface area contributed by atoms with Crippen molar-refractivity contribution in [1.29, 1.82) is 0 Å². The van der Waals surface area contributed by atoms with Gasteiger partial charge in [-0.25, -0.2) is 9.83 Å². The van der Waals surface area contributed by atoms with Crippen LogP contribution in [0, 0.1) is 6.57 Å². The Morgan fingerprint density at radius 3 is 2.68 bits per heavy atom. The van der Waals surface area contributed by atoms with E-state index in [9.17, 15) is 0 Å². The van der Waals surface area contributed by atoms with Gasteiger partial charge in [-0.3, -0.25) is 4.40 Å². The number of rotatable bonds is 3. The minimum atomic E-state index is 0.528. The summed E-state index contributed by atoms with van der Waals surface area (Å²) in [6, 6.07) is 13.8. The number of benzene rings is 1. The van der Waals surface area contributed by atoms with E-state index >= 15 is 0 Å². The zero-order valence-corrected chi connectivity index (χ0v) is 12.8. The zero-order valence-electron chi connectivity index (χ0n) is 12.0. The molecule has 0 saturated heterocycles. The number of aromatic nitrogens is 2. The van der Waals surface area contributed by atoms with Gasteiger partial charge in [0.25, 0.3) is 0 Å². The van der Waals surface area contributed by atoms with E-state index < -0.39 is 0 Å². The Labute approximate surface area is 133 Å². The van der Waals surface area contributed by atoms with Crippen LogP contribution in [0.2, 0.25) is 0 Å². The lowest BCUT2D eigenvalue weighted by Gasteiger charge is -2.09. The van der Waals surface area contributed by atoms with Crippen LogP contribution in [0.4, 0.5) is 5.82 Å². The summed E-state index contributed by atoms with van der Waals surface area (Å²) in [6.07, 6.45) is 5.50. The van der Waals surface area contributed by atoms with Crippen molar-refractivity contribution in [2.24, 2.45) is 0 Å². The van der Waals surface area contributed by atoms with E-state index in [0.717, 1.165) is 27.4 Å². The highest BCUT2D eigenvalue weighted by atomic mass is 32.2. The van der Waals surface area contributed by atoms with Crippen molar-refractivity contribution in [2.45, 2.75) is 5.03 Å². The summed E-state index contributed by atoms with van der Waals surface area (Å²) < 4.78 is 1.97. The van der Waals surface area contributed by atoms with Gasteiger partial charge in [0.05, 0.1) is 6.57 Å². The Bertz CT molecular complexity index is 888. The third-order valence-corrected chi connectivity index (χ3v) is 4.18. The minimum Gasteiger partial charge on any atom is -0.381 e. The second-order valence-corrected chi connectivity index (χ2v) is 5.49. The molecule has 108 valence electrons. The molecule has 0 aliphatic rings. The third kappa shape index (κ3) is 2.45. The summed E-state index contributed by atoms with van der Waals surface area (Å²) in [5, 5.41) is 0.909. The lowest BCUT2D eigenvalue weighted by Crippen LogP contribution is -1.93. The fraction of sp³-hybridized carbons (Fsp3) is 0.0588. The van der Waals surface area contributed by atoms with Crippen LogP contribution in [0.15, 0.2) is 59.9 Å². The molecule has 5 heteroatoms. The van der Waals surface area contributed by atoms with Crippen LogP contribution in [-0.4, -0.2) is 15.6 Å². The summed E-state index contributed by atoms with van der Waals surface area (Å²) in [7, 11) is 0. The monoisotopic (exact) mass is 306 g/mol. The van der Waals surface area contributed by atoms with Gasteiger partial charge in [-0.2, -0.15) is 0 Å². The fourth-order valence-corrected chi connectivity index (χ4v) is 3.00. The normalized spacial score (nSPS) is 11.5. The molecule has 2 N–H and O–H groups in total. The molecule has 0 spiro atoms. The van der Waals surface area contributed by atoms with Gasteiger partial charge in [0, 0.05) is 6.20 Å². The van der Waals surface area contributed by atoms with Crippen molar-refractivity contribution in [3.8, 4) is 0 Å². The van der Waals surface area contributed by atoms with Gasteiger partial charge in [-0.1, -0.05) is 36.4 Å². The number of pyridine rings is 1. The van der Waals surface area contributed by atoms with Gasteiger partial charge >= 0.3 is 0 Å². The number of hydrogen-bond acceptors (Lipinski definition) is 3. The van der Waals surface area contributed by atoms with Gasteiger partial charge in [0.15, 0.2) is 12.0 Å². The van der Waals surface area contributed by atoms with Crippen LogP contribution in [0.1, 0.15) is 11.1 Å². The van der Waals surface area contributed by atoms with E-state index in [1.165, 1.54) is 0 Å². The molecule has 0 aliphatic heterocycles. The summed E-state index contributed by atoms with van der Waals surface area (Å²) in [4.78, 5) is 7.79. The maximum absolute atomic E-state index is 7.18. The molecule has 0 atom stereocenters. The molecule has 0 saturated carbocycles. The van der Waals surface area contributed by atoms with E-state index in [1.54, 1.807) is 18.0 Å². The Hall–Kier alpha value is -2.71. The van der Waals surface area contributed by atoms with Crippen LogP contribution >= 0.6 is 11.8 Å². The lowest BCUT2D eigenvalue weighted by atomic mass is 10.0. The number of fused-ring (bicyclic) bond motifs is 1. The smallest absolute Gasteiger partial charge is 0.162 e. The quantitative estimate of drug-likeness (QED) is 0.589. The van der Waals surface area contributed by atoms with E-state index in [-0.39, 0.29) is 0 Å². The highest BCUT2D eigenvalue weighted by Gasteiger charge is 2.11. The molecule has 0 amide bonds. The molecular weight excluding hydrogens is 292 g/mol. The molecule has 0 radical (unpaired) electrons. The average molecular weight is 306 g/mol. The number of hydrogen-bond donors (Lipinski definition) is 1. The van der Waals surface area contributed by atoms with E-state index in [1.807, 2.05) is 59.3 Å². The van der Waals surface area contributed by atoms with Gasteiger partial charge < -0.3 is 5.73 Å². The second-order valence-electron chi connectivity index (χ2n) is 4.69. The number of nitrogens with zero attached hydrogens (tertiary/aromatic N) is 3. The van der Waals surface area contributed by atoms with Gasteiger partial charge in [0.2, 0.25) is 0 Å². The Morgan fingerprint density at radius 2 is 2.00 bits per heavy atom. The summed E-state index contributed by atoms with van der Waals surface area (Å²) in [6.45, 7) is 7.18. The van der Waals surface area contributed by atoms with Gasteiger partial charge in [0.1, 0.15) is 10.7 Å². The number of nitrogen functional groups attached to an aromatic ring is 1. The van der Waals surface area contributed by atoms with Crippen molar-refractivity contribution in [1.82, 2.24) is 9.38 Å². The average Bonchev–Trinajstić information content (AvgIpc) is 2.87. The number of nitrogens with two attached hydrogens (primary N) is 1. The molecular formula is C17H14N4S. The molecule has 1 aromatic carbocycles. The third-order valence-electron chi connectivity index (χ3n) is 3.38. The van der Waals surface area contributed by atoms with Crippen molar-refractivity contribution in [3.05, 3.63) is 77.4 Å². The molecule has 4 nitrogen and oxygen atoms in total. The van der Waals surface area contributed by atoms with Crippen LogP contribution in [0.25, 0.3) is 16.1 Å². The number of anilines is 1. The largest absolute Gasteiger partial charge is 0.381 e. The van der Waals surface area contributed by atoms with Crippen LogP contribution in [0.5, 0.6) is 0 Å². The summed E-state index contributed by atoms with van der Waals surface area (Å²) in [5.41, 5.74) is 9.61. The van der Waals surface area contributed by atoms with E-state index in [4.69, 9.17) is 12.3 Å². The predicted molar refractivity (Wildman–Crippen MR) is 91.5 cm³/mol.